The lowest BCUT2D eigenvalue weighted by Gasteiger charge is -2.49. The van der Waals surface area contributed by atoms with Gasteiger partial charge in [-0.3, -0.25) is 9.69 Å². The Morgan fingerprint density at radius 3 is 3.08 bits per heavy atom. The van der Waals surface area contributed by atoms with Gasteiger partial charge in [0, 0.05) is 25.4 Å². The summed E-state index contributed by atoms with van der Waals surface area (Å²) in [5, 5.41) is 4.28. The Morgan fingerprint density at radius 2 is 2.24 bits per heavy atom. The third-order valence-corrected chi connectivity index (χ3v) is 5.50. The van der Waals surface area contributed by atoms with Crippen molar-refractivity contribution in [3.63, 3.8) is 0 Å². The standard InChI is InChI=1S/C20H26N2O3/c1-15(23)21-19-8-4-5-9-20(19)14-22(10-11-24-20)13-17-12-16-6-2-3-7-18(16)25-17/h2-3,6-7,12,19H,4-5,8-11,13-14H2,1H3,(H,21,23)/t19-,20+/m1/s1. The smallest absolute Gasteiger partial charge is 0.217 e. The molecule has 5 nitrogen and oxygen atoms in total. The minimum absolute atomic E-state index is 0.0317. The van der Waals surface area contributed by atoms with Crippen molar-refractivity contribution < 1.29 is 13.9 Å². The van der Waals surface area contributed by atoms with Crippen LogP contribution in [0, 0.1) is 0 Å². The van der Waals surface area contributed by atoms with Gasteiger partial charge in [0.15, 0.2) is 0 Å². The average Bonchev–Trinajstić information content (AvgIpc) is 2.99. The van der Waals surface area contributed by atoms with Crippen LogP contribution in [0.5, 0.6) is 0 Å². The van der Waals surface area contributed by atoms with Crippen LogP contribution < -0.4 is 5.32 Å². The van der Waals surface area contributed by atoms with Gasteiger partial charge in [0.2, 0.25) is 5.91 Å². The number of carbonyl (C=O) groups is 1. The van der Waals surface area contributed by atoms with Crippen LogP contribution in [0.2, 0.25) is 0 Å². The normalized spacial score (nSPS) is 27.6. The highest BCUT2D eigenvalue weighted by Crippen LogP contribution is 2.35. The van der Waals surface area contributed by atoms with E-state index in [0.717, 1.165) is 62.0 Å². The quantitative estimate of drug-likeness (QED) is 0.931. The van der Waals surface area contributed by atoms with Crippen molar-refractivity contribution in [1.82, 2.24) is 10.2 Å². The van der Waals surface area contributed by atoms with E-state index >= 15 is 0 Å². The van der Waals surface area contributed by atoms with Gasteiger partial charge >= 0.3 is 0 Å². The molecule has 4 rings (SSSR count). The predicted octanol–water partition coefficient (Wildman–Crippen LogP) is 3.08. The highest BCUT2D eigenvalue weighted by atomic mass is 16.5. The van der Waals surface area contributed by atoms with E-state index in [4.69, 9.17) is 9.15 Å². The van der Waals surface area contributed by atoms with E-state index in [2.05, 4.69) is 22.3 Å². The zero-order valence-corrected chi connectivity index (χ0v) is 14.8. The number of para-hydroxylation sites is 1. The van der Waals surface area contributed by atoms with Gasteiger partial charge in [0.05, 0.1) is 19.2 Å². The number of ether oxygens (including phenoxy) is 1. The second-order valence-corrected chi connectivity index (χ2v) is 7.37. The maximum atomic E-state index is 11.6. The minimum Gasteiger partial charge on any atom is -0.460 e. The van der Waals surface area contributed by atoms with Crippen molar-refractivity contribution in [3.8, 4) is 0 Å². The Morgan fingerprint density at radius 1 is 1.36 bits per heavy atom. The molecule has 2 heterocycles. The first-order chi connectivity index (χ1) is 12.1. The number of amides is 1. The summed E-state index contributed by atoms with van der Waals surface area (Å²) in [4.78, 5) is 14.0. The molecule has 2 aliphatic rings. The van der Waals surface area contributed by atoms with Gasteiger partial charge in [-0.1, -0.05) is 31.0 Å². The number of fused-ring (bicyclic) bond motifs is 1. The molecule has 1 spiro atoms. The molecule has 1 aliphatic heterocycles. The number of benzene rings is 1. The summed E-state index contributed by atoms with van der Waals surface area (Å²) in [6.45, 7) is 4.82. The maximum absolute atomic E-state index is 11.6. The lowest BCUT2D eigenvalue weighted by Crippen LogP contribution is -2.63. The van der Waals surface area contributed by atoms with E-state index in [9.17, 15) is 4.79 Å². The van der Waals surface area contributed by atoms with E-state index in [1.807, 2.05) is 18.2 Å². The lowest BCUT2D eigenvalue weighted by atomic mass is 9.78. The fourth-order valence-electron chi connectivity index (χ4n) is 4.37. The summed E-state index contributed by atoms with van der Waals surface area (Å²) >= 11 is 0. The first-order valence-electron chi connectivity index (χ1n) is 9.25. The fraction of sp³-hybridized carbons (Fsp3) is 0.550. The van der Waals surface area contributed by atoms with E-state index in [1.165, 1.54) is 0 Å². The van der Waals surface area contributed by atoms with Crippen LogP contribution in [-0.2, 0) is 16.1 Å². The predicted molar refractivity (Wildman–Crippen MR) is 96.2 cm³/mol. The molecule has 1 aliphatic carbocycles. The van der Waals surface area contributed by atoms with Gasteiger partial charge < -0.3 is 14.5 Å². The van der Waals surface area contributed by atoms with Crippen LogP contribution in [0.3, 0.4) is 0 Å². The summed E-state index contributed by atoms with van der Waals surface area (Å²) in [5.74, 6) is 1.02. The molecule has 2 atom stereocenters. The zero-order valence-electron chi connectivity index (χ0n) is 14.8. The molecule has 0 bridgehead atoms. The first kappa shape index (κ1) is 16.6. The molecule has 0 radical (unpaired) electrons. The molecular formula is C20H26N2O3. The number of furan rings is 1. The molecular weight excluding hydrogens is 316 g/mol. The zero-order chi connectivity index (χ0) is 17.3. The largest absolute Gasteiger partial charge is 0.460 e. The number of nitrogens with zero attached hydrogens (tertiary/aromatic N) is 1. The maximum Gasteiger partial charge on any atom is 0.217 e. The van der Waals surface area contributed by atoms with E-state index in [1.54, 1.807) is 6.92 Å². The first-order valence-corrected chi connectivity index (χ1v) is 9.25. The number of hydrogen-bond acceptors (Lipinski definition) is 4. The Balaban J connectivity index is 1.50. The van der Waals surface area contributed by atoms with Crippen LogP contribution in [0.25, 0.3) is 11.0 Å². The fourth-order valence-corrected chi connectivity index (χ4v) is 4.37. The highest BCUT2D eigenvalue weighted by Gasteiger charge is 2.45. The van der Waals surface area contributed by atoms with Crippen molar-refractivity contribution >= 4 is 16.9 Å². The number of rotatable bonds is 3. The third kappa shape index (κ3) is 3.44. The molecule has 134 valence electrons. The SMILES string of the molecule is CC(=O)N[C@@H]1CCCC[C@]12CN(Cc1cc3ccccc3o1)CCO2. The number of nitrogens with one attached hydrogen (secondary N) is 1. The molecule has 1 saturated carbocycles. The summed E-state index contributed by atoms with van der Waals surface area (Å²) in [6, 6.07) is 10.4. The molecule has 1 amide bonds. The van der Waals surface area contributed by atoms with E-state index < -0.39 is 0 Å². The summed E-state index contributed by atoms with van der Waals surface area (Å²) in [5.41, 5.74) is 0.683. The Labute approximate surface area is 148 Å². The molecule has 1 N–H and O–H groups in total. The molecule has 25 heavy (non-hydrogen) atoms. The highest BCUT2D eigenvalue weighted by molar-refractivity contribution is 5.77. The second-order valence-electron chi connectivity index (χ2n) is 7.37. The van der Waals surface area contributed by atoms with Crippen molar-refractivity contribution in [1.29, 1.82) is 0 Å². The molecule has 1 aromatic heterocycles. The second kappa shape index (κ2) is 6.81. The van der Waals surface area contributed by atoms with E-state index in [0.29, 0.717) is 6.61 Å². The van der Waals surface area contributed by atoms with Crippen LogP contribution in [0.15, 0.2) is 34.7 Å². The topological polar surface area (TPSA) is 54.7 Å². The van der Waals surface area contributed by atoms with Gasteiger partial charge in [0.25, 0.3) is 0 Å². The molecule has 5 heteroatoms. The van der Waals surface area contributed by atoms with E-state index in [-0.39, 0.29) is 17.6 Å². The van der Waals surface area contributed by atoms with Crippen LogP contribution in [0.1, 0.15) is 38.4 Å². The van der Waals surface area contributed by atoms with Crippen LogP contribution in [-0.4, -0.2) is 42.1 Å². The monoisotopic (exact) mass is 342 g/mol. The molecule has 2 aromatic rings. The summed E-state index contributed by atoms with van der Waals surface area (Å²) in [6.07, 6.45) is 4.32. The van der Waals surface area contributed by atoms with Crippen molar-refractivity contribution in [2.75, 3.05) is 19.7 Å². The lowest BCUT2D eigenvalue weighted by molar-refractivity contribution is -0.151. The van der Waals surface area contributed by atoms with Crippen LogP contribution in [0.4, 0.5) is 0 Å². The number of carbonyl (C=O) groups excluding carboxylic acids is 1. The molecule has 1 saturated heterocycles. The van der Waals surface area contributed by atoms with Crippen molar-refractivity contribution in [2.24, 2.45) is 0 Å². The Hall–Kier alpha value is -1.85. The van der Waals surface area contributed by atoms with Crippen molar-refractivity contribution in [2.45, 2.75) is 50.8 Å². The third-order valence-electron chi connectivity index (χ3n) is 5.50. The average molecular weight is 342 g/mol. The molecule has 1 aromatic carbocycles. The van der Waals surface area contributed by atoms with Gasteiger partial charge in [0.1, 0.15) is 16.9 Å². The van der Waals surface area contributed by atoms with Crippen molar-refractivity contribution in [3.05, 3.63) is 36.1 Å². The Bertz CT molecular complexity index is 719. The summed E-state index contributed by atoms with van der Waals surface area (Å²) in [7, 11) is 0. The summed E-state index contributed by atoms with van der Waals surface area (Å²) < 4.78 is 12.2. The molecule has 2 fully saturated rings. The number of morpholine rings is 1. The van der Waals surface area contributed by atoms with Gasteiger partial charge in [-0.2, -0.15) is 0 Å². The van der Waals surface area contributed by atoms with Gasteiger partial charge in [-0.05, 0) is 25.0 Å². The minimum atomic E-state index is -0.256. The van der Waals surface area contributed by atoms with Gasteiger partial charge in [-0.15, -0.1) is 0 Å². The van der Waals surface area contributed by atoms with Crippen LogP contribution >= 0.6 is 0 Å². The Kier molecular flexibility index (Phi) is 4.52. The van der Waals surface area contributed by atoms with Gasteiger partial charge in [-0.25, -0.2) is 0 Å². The molecule has 0 unspecified atom stereocenters. The number of hydrogen-bond donors (Lipinski definition) is 1.